The minimum absolute atomic E-state index is 0.144. The number of likely N-dealkylation sites (tertiary alicyclic amines) is 1. The summed E-state index contributed by atoms with van der Waals surface area (Å²) < 4.78 is 5.98. The highest BCUT2D eigenvalue weighted by Crippen LogP contribution is 2.24. The van der Waals surface area contributed by atoms with Crippen LogP contribution in [0.3, 0.4) is 0 Å². The molecule has 0 bridgehead atoms. The van der Waals surface area contributed by atoms with Gasteiger partial charge in [-0.1, -0.05) is 6.07 Å². The van der Waals surface area contributed by atoms with E-state index in [4.69, 9.17) is 9.72 Å². The Morgan fingerprint density at radius 1 is 1.31 bits per heavy atom. The van der Waals surface area contributed by atoms with Crippen molar-refractivity contribution in [2.45, 2.75) is 76.2 Å². The van der Waals surface area contributed by atoms with Crippen LogP contribution in [-0.4, -0.2) is 95.1 Å². The highest BCUT2D eigenvalue weighted by atomic mass is 16.5. The molecule has 1 aromatic rings. The Morgan fingerprint density at radius 3 is 2.86 bits per heavy atom. The van der Waals surface area contributed by atoms with Crippen molar-refractivity contribution in [2.24, 2.45) is 5.92 Å². The maximum atomic E-state index is 12.8. The molecule has 2 fully saturated rings. The number of fused-ring (bicyclic) bond motifs is 1. The van der Waals surface area contributed by atoms with Gasteiger partial charge in [-0.25, -0.2) is 9.78 Å². The summed E-state index contributed by atoms with van der Waals surface area (Å²) in [5, 5.41) is 29.1. The lowest BCUT2D eigenvalue weighted by Crippen LogP contribution is -2.54. The van der Waals surface area contributed by atoms with Crippen LogP contribution >= 0.6 is 0 Å². The SMILES string of the molecule is CC(C)(O)CC1NCCC1C(=O)N[C@@H](CCN1CC(OCCc2ccc3c(n2)NCCC3)C1)C(=O)O. The molecule has 2 unspecified atom stereocenters. The number of anilines is 1. The average molecular weight is 504 g/mol. The van der Waals surface area contributed by atoms with Gasteiger partial charge in [0.25, 0.3) is 0 Å². The number of pyridine rings is 1. The molecule has 3 atom stereocenters. The third kappa shape index (κ3) is 7.38. The Morgan fingerprint density at radius 2 is 2.11 bits per heavy atom. The van der Waals surface area contributed by atoms with Crippen LogP contribution in [-0.2, 0) is 27.2 Å². The smallest absolute Gasteiger partial charge is 0.326 e. The van der Waals surface area contributed by atoms with Crippen molar-refractivity contribution in [1.82, 2.24) is 20.5 Å². The Bertz CT molecular complexity index is 914. The monoisotopic (exact) mass is 503 g/mol. The minimum Gasteiger partial charge on any atom is -0.480 e. The summed E-state index contributed by atoms with van der Waals surface area (Å²) >= 11 is 0. The lowest BCUT2D eigenvalue weighted by Gasteiger charge is -2.39. The number of ether oxygens (including phenoxy) is 1. The van der Waals surface area contributed by atoms with E-state index in [9.17, 15) is 19.8 Å². The summed E-state index contributed by atoms with van der Waals surface area (Å²) in [6.45, 7) is 7.82. The van der Waals surface area contributed by atoms with Crippen LogP contribution in [0.4, 0.5) is 5.82 Å². The summed E-state index contributed by atoms with van der Waals surface area (Å²) in [4.78, 5) is 31.5. The molecule has 3 aliphatic rings. The number of carbonyl (C=O) groups excluding carboxylic acids is 1. The third-order valence-electron chi connectivity index (χ3n) is 7.34. The Labute approximate surface area is 213 Å². The minimum atomic E-state index is -1.02. The summed E-state index contributed by atoms with van der Waals surface area (Å²) in [6, 6.07) is 3.16. The van der Waals surface area contributed by atoms with Crippen molar-refractivity contribution in [2.75, 3.05) is 44.6 Å². The second-order valence-electron chi connectivity index (χ2n) is 11.0. The molecule has 1 amide bonds. The molecule has 0 spiro atoms. The van der Waals surface area contributed by atoms with E-state index in [0.29, 0.717) is 39.0 Å². The normalized spacial score (nSPS) is 23.4. The first-order valence-corrected chi connectivity index (χ1v) is 13.2. The number of aromatic nitrogens is 1. The number of carboxylic acid groups (broad SMARTS) is 1. The zero-order valence-electron chi connectivity index (χ0n) is 21.5. The number of amides is 1. The van der Waals surface area contributed by atoms with Crippen molar-refractivity contribution in [3.63, 3.8) is 0 Å². The van der Waals surface area contributed by atoms with E-state index < -0.39 is 17.6 Å². The molecule has 0 radical (unpaired) electrons. The average Bonchev–Trinajstić information content (AvgIpc) is 3.25. The lowest BCUT2D eigenvalue weighted by molar-refractivity contribution is -0.143. The molecule has 0 aromatic carbocycles. The van der Waals surface area contributed by atoms with Crippen LogP contribution in [0.1, 0.15) is 50.8 Å². The maximum Gasteiger partial charge on any atom is 0.326 e. The van der Waals surface area contributed by atoms with Crippen molar-refractivity contribution >= 4 is 17.7 Å². The first-order chi connectivity index (χ1) is 17.2. The fraction of sp³-hybridized carbons (Fsp3) is 0.731. The summed E-state index contributed by atoms with van der Waals surface area (Å²) in [5.74, 6) is -0.600. The fourth-order valence-corrected chi connectivity index (χ4v) is 5.33. The molecule has 0 aliphatic carbocycles. The molecule has 2 saturated heterocycles. The third-order valence-corrected chi connectivity index (χ3v) is 7.34. The van der Waals surface area contributed by atoms with Crippen molar-refractivity contribution in [3.8, 4) is 0 Å². The molecule has 10 nitrogen and oxygen atoms in total. The number of rotatable bonds is 12. The van der Waals surface area contributed by atoms with Gasteiger partial charge in [-0.3, -0.25) is 9.69 Å². The van der Waals surface area contributed by atoms with Gasteiger partial charge in [0.15, 0.2) is 0 Å². The van der Waals surface area contributed by atoms with Gasteiger partial charge in [0.2, 0.25) is 5.91 Å². The highest BCUT2D eigenvalue weighted by Gasteiger charge is 2.37. The van der Waals surface area contributed by atoms with Crippen LogP contribution in [0.5, 0.6) is 0 Å². The molecule has 1 aromatic heterocycles. The van der Waals surface area contributed by atoms with Crippen molar-refractivity contribution < 1.29 is 24.5 Å². The number of aliphatic carboxylic acids is 1. The Kier molecular flexibility index (Phi) is 8.82. The highest BCUT2D eigenvalue weighted by molar-refractivity contribution is 5.85. The largest absolute Gasteiger partial charge is 0.480 e. The second-order valence-corrected chi connectivity index (χ2v) is 11.0. The van der Waals surface area contributed by atoms with Crippen molar-refractivity contribution in [1.29, 1.82) is 0 Å². The molecular formula is C26H41N5O5. The first-order valence-electron chi connectivity index (χ1n) is 13.2. The second kappa shape index (κ2) is 11.9. The number of carbonyl (C=O) groups is 2. The van der Waals surface area contributed by atoms with E-state index in [1.807, 2.05) is 0 Å². The molecule has 10 heteroatoms. The number of nitrogens with one attached hydrogen (secondary N) is 3. The van der Waals surface area contributed by atoms with E-state index in [1.165, 1.54) is 5.56 Å². The molecule has 3 aliphatic heterocycles. The van der Waals surface area contributed by atoms with E-state index in [-0.39, 0.29) is 24.0 Å². The van der Waals surface area contributed by atoms with E-state index in [2.05, 4.69) is 33.0 Å². The zero-order valence-corrected chi connectivity index (χ0v) is 21.5. The van der Waals surface area contributed by atoms with Gasteiger partial charge in [-0.15, -0.1) is 0 Å². The lowest BCUT2D eigenvalue weighted by atomic mass is 9.90. The van der Waals surface area contributed by atoms with Gasteiger partial charge in [0, 0.05) is 44.3 Å². The van der Waals surface area contributed by atoms with Crippen LogP contribution in [0.2, 0.25) is 0 Å². The summed E-state index contributed by atoms with van der Waals surface area (Å²) in [7, 11) is 0. The van der Waals surface area contributed by atoms with Gasteiger partial charge in [-0.05, 0) is 64.1 Å². The summed E-state index contributed by atoms with van der Waals surface area (Å²) in [5.41, 5.74) is 1.42. The quantitative estimate of drug-likeness (QED) is 0.280. The van der Waals surface area contributed by atoms with Crippen molar-refractivity contribution in [3.05, 3.63) is 23.4 Å². The molecule has 4 heterocycles. The van der Waals surface area contributed by atoms with E-state index in [0.717, 1.165) is 50.4 Å². The molecule has 200 valence electrons. The van der Waals surface area contributed by atoms with Gasteiger partial charge < -0.3 is 30.9 Å². The number of carboxylic acids is 1. The number of nitrogens with zero attached hydrogens (tertiary/aromatic N) is 2. The Balaban J connectivity index is 1.14. The van der Waals surface area contributed by atoms with E-state index in [1.54, 1.807) is 13.8 Å². The number of hydrogen-bond acceptors (Lipinski definition) is 8. The number of aryl methyl sites for hydroxylation is 1. The van der Waals surface area contributed by atoms with Gasteiger partial charge in [0.1, 0.15) is 11.9 Å². The maximum absolute atomic E-state index is 12.8. The standard InChI is InChI=1S/C26H41N5O5/c1-26(2,35)14-22-20(7-11-27-22)24(32)30-21(25(33)34)8-12-31-15-19(16-31)36-13-9-18-6-5-17-4-3-10-28-23(17)29-18/h5-6,19-22,27,35H,3-4,7-16H2,1-2H3,(H,28,29)(H,30,32)(H,33,34)/t20?,21-,22?/m0/s1. The first kappa shape index (κ1) is 26.8. The van der Waals surface area contributed by atoms with Gasteiger partial charge >= 0.3 is 5.97 Å². The number of aliphatic hydroxyl groups is 1. The molecule has 36 heavy (non-hydrogen) atoms. The van der Waals surface area contributed by atoms with Gasteiger partial charge in [-0.2, -0.15) is 0 Å². The molecule has 5 N–H and O–H groups in total. The predicted octanol–water partition coefficient (Wildman–Crippen LogP) is 0.782. The predicted molar refractivity (Wildman–Crippen MR) is 136 cm³/mol. The summed E-state index contributed by atoms with van der Waals surface area (Å²) in [6.07, 6.45) is 4.57. The molecule has 0 saturated carbocycles. The fourth-order valence-electron chi connectivity index (χ4n) is 5.33. The zero-order chi connectivity index (χ0) is 25.7. The van der Waals surface area contributed by atoms with E-state index >= 15 is 0 Å². The van der Waals surface area contributed by atoms with Gasteiger partial charge in [0.05, 0.1) is 24.2 Å². The van der Waals surface area contributed by atoms with Crippen LogP contribution in [0, 0.1) is 5.92 Å². The topological polar surface area (TPSA) is 136 Å². The van der Waals surface area contributed by atoms with Crippen LogP contribution in [0.15, 0.2) is 12.1 Å². The van der Waals surface area contributed by atoms with Crippen LogP contribution < -0.4 is 16.0 Å². The van der Waals surface area contributed by atoms with Crippen LogP contribution in [0.25, 0.3) is 0 Å². The molecular weight excluding hydrogens is 462 g/mol. The number of hydrogen-bond donors (Lipinski definition) is 5. The molecule has 4 rings (SSSR count). The Hall–Kier alpha value is -2.27.